The highest BCUT2D eigenvalue weighted by Crippen LogP contribution is 2.32. The van der Waals surface area contributed by atoms with Gasteiger partial charge in [0.1, 0.15) is 0 Å². The molecular formula is C17H30N2. The van der Waals surface area contributed by atoms with Gasteiger partial charge in [0.2, 0.25) is 0 Å². The van der Waals surface area contributed by atoms with Gasteiger partial charge in [-0.25, -0.2) is 0 Å². The highest BCUT2D eigenvalue weighted by atomic mass is 15.1. The maximum atomic E-state index is 6.47. The Balaban J connectivity index is 2.69. The molecule has 2 atom stereocenters. The van der Waals surface area contributed by atoms with Crippen LogP contribution in [0.5, 0.6) is 0 Å². The van der Waals surface area contributed by atoms with E-state index in [9.17, 15) is 0 Å². The minimum atomic E-state index is 0.0676. The first-order chi connectivity index (χ1) is 8.88. The molecule has 2 heteroatoms. The zero-order chi connectivity index (χ0) is 14.5. The lowest BCUT2D eigenvalue weighted by Crippen LogP contribution is -2.42. The molecule has 2 nitrogen and oxygen atoms in total. The van der Waals surface area contributed by atoms with Crippen molar-refractivity contribution in [2.75, 3.05) is 13.6 Å². The second-order valence-electron chi connectivity index (χ2n) is 6.43. The van der Waals surface area contributed by atoms with E-state index in [0.717, 1.165) is 6.54 Å². The summed E-state index contributed by atoms with van der Waals surface area (Å²) in [5.41, 5.74) is 7.76. The fraction of sp³-hybridized carbons (Fsp3) is 0.647. The summed E-state index contributed by atoms with van der Waals surface area (Å²) in [6.45, 7) is 10.1. The molecule has 0 aliphatic carbocycles. The second kappa shape index (κ2) is 7.06. The van der Waals surface area contributed by atoms with Gasteiger partial charge in [0, 0.05) is 18.6 Å². The minimum absolute atomic E-state index is 0.0676. The average Bonchev–Trinajstić information content (AvgIpc) is 2.38. The summed E-state index contributed by atoms with van der Waals surface area (Å²) >= 11 is 0. The van der Waals surface area contributed by atoms with Crippen molar-refractivity contribution in [1.29, 1.82) is 0 Å². The van der Waals surface area contributed by atoms with E-state index >= 15 is 0 Å². The molecule has 1 aromatic carbocycles. The highest BCUT2D eigenvalue weighted by Gasteiger charge is 2.30. The van der Waals surface area contributed by atoms with Crippen molar-refractivity contribution in [3.8, 4) is 0 Å². The lowest BCUT2D eigenvalue weighted by atomic mass is 9.80. The fourth-order valence-corrected chi connectivity index (χ4v) is 2.65. The topological polar surface area (TPSA) is 29.3 Å². The van der Waals surface area contributed by atoms with Crippen molar-refractivity contribution in [2.24, 2.45) is 11.1 Å². The quantitative estimate of drug-likeness (QED) is 0.809. The van der Waals surface area contributed by atoms with Crippen molar-refractivity contribution in [3.05, 3.63) is 35.9 Å². The van der Waals surface area contributed by atoms with Gasteiger partial charge in [0.15, 0.2) is 0 Å². The van der Waals surface area contributed by atoms with Crippen LogP contribution in [0.3, 0.4) is 0 Å². The molecule has 0 saturated carbocycles. The predicted molar refractivity (Wildman–Crippen MR) is 84.2 cm³/mol. The van der Waals surface area contributed by atoms with Crippen LogP contribution in [0.1, 0.15) is 52.1 Å². The van der Waals surface area contributed by atoms with E-state index in [1.165, 1.54) is 18.4 Å². The van der Waals surface area contributed by atoms with Crippen LogP contribution in [0.25, 0.3) is 0 Å². The lowest BCUT2D eigenvalue weighted by molar-refractivity contribution is 0.139. The molecule has 108 valence electrons. The number of nitrogens with two attached hydrogens (primary N) is 1. The Morgan fingerprint density at radius 3 is 2.32 bits per heavy atom. The van der Waals surface area contributed by atoms with Gasteiger partial charge in [-0.15, -0.1) is 0 Å². The Kier molecular flexibility index (Phi) is 6.02. The number of benzene rings is 1. The highest BCUT2D eigenvalue weighted by molar-refractivity contribution is 5.20. The normalized spacial score (nSPS) is 15.5. The molecule has 2 N–H and O–H groups in total. The molecule has 0 radical (unpaired) electrons. The summed E-state index contributed by atoms with van der Waals surface area (Å²) in [5.74, 6) is 0. The summed E-state index contributed by atoms with van der Waals surface area (Å²) in [6.07, 6.45) is 2.48. The van der Waals surface area contributed by atoms with Crippen LogP contribution < -0.4 is 5.73 Å². The zero-order valence-corrected chi connectivity index (χ0v) is 13.2. The fourth-order valence-electron chi connectivity index (χ4n) is 2.65. The molecule has 0 heterocycles. The summed E-state index contributed by atoms with van der Waals surface area (Å²) in [7, 11) is 2.21. The number of hydrogen-bond donors (Lipinski definition) is 1. The summed E-state index contributed by atoms with van der Waals surface area (Å²) in [6, 6.07) is 11.1. The molecular weight excluding hydrogens is 232 g/mol. The Morgan fingerprint density at radius 2 is 1.79 bits per heavy atom. The SMILES string of the molecule is CCCC(C)N(C)CC(C)(C)C(N)c1ccccc1. The van der Waals surface area contributed by atoms with Crippen LogP contribution >= 0.6 is 0 Å². The predicted octanol–water partition coefficient (Wildman–Crippen LogP) is 3.83. The Hall–Kier alpha value is -0.860. The van der Waals surface area contributed by atoms with Gasteiger partial charge in [-0.1, -0.05) is 57.5 Å². The summed E-state index contributed by atoms with van der Waals surface area (Å²) in [4.78, 5) is 2.44. The van der Waals surface area contributed by atoms with E-state index in [1.807, 2.05) is 6.07 Å². The first kappa shape index (κ1) is 16.2. The maximum Gasteiger partial charge on any atom is 0.0359 e. The molecule has 1 aromatic rings. The molecule has 0 bridgehead atoms. The van der Waals surface area contributed by atoms with Crippen LogP contribution in [0, 0.1) is 5.41 Å². The van der Waals surface area contributed by atoms with Gasteiger partial charge in [0.05, 0.1) is 0 Å². The number of nitrogens with zero attached hydrogens (tertiary/aromatic N) is 1. The smallest absolute Gasteiger partial charge is 0.0359 e. The van der Waals surface area contributed by atoms with Crippen LogP contribution in [0.15, 0.2) is 30.3 Å². The lowest BCUT2D eigenvalue weighted by Gasteiger charge is -2.38. The van der Waals surface area contributed by atoms with Gasteiger partial charge in [-0.3, -0.25) is 0 Å². The van der Waals surface area contributed by atoms with Crippen LogP contribution in [0.2, 0.25) is 0 Å². The van der Waals surface area contributed by atoms with Crippen LogP contribution in [0.4, 0.5) is 0 Å². The van der Waals surface area contributed by atoms with Crippen molar-refractivity contribution in [1.82, 2.24) is 4.90 Å². The average molecular weight is 262 g/mol. The zero-order valence-electron chi connectivity index (χ0n) is 13.2. The van der Waals surface area contributed by atoms with Gasteiger partial charge in [0.25, 0.3) is 0 Å². The van der Waals surface area contributed by atoms with E-state index in [2.05, 4.69) is 63.9 Å². The van der Waals surface area contributed by atoms with Crippen molar-refractivity contribution < 1.29 is 0 Å². The largest absolute Gasteiger partial charge is 0.323 e. The summed E-state index contributed by atoms with van der Waals surface area (Å²) in [5, 5.41) is 0. The van der Waals surface area contributed by atoms with E-state index in [4.69, 9.17) is 5.73 Å². The van der Waals surface area contributed by atoms with Gasteiger partial charge in [-0.05, 0) is 31.4 Å². The van der Waals surface area contributed by atoms with E-state index in [-0.39, 0.29) is 11.5 Å². The molecule has 0 aromatic heterocycles. The van der Waals surface area contributed by atoms with E-state index < -0.39 is 0 Å². The number of rotatable bonds is 7. The van der Waals surface area contributed by atoms with E-state index in [0.29, 0.717) is 6.04 Å². The Bertz CT molecular complexity index is 359. The third kappa shape index (κ3) is 4.63. The van der Waals surface area contributed by atoms with Crippen LogP contribution in [-0.4, -0.2) is 24.5 Å². The second-order valence-corrected chi connectivity index (χ2v) is 6.43. The maximum absolute atomic E-state index is 6.47. The summed E-state index contributed by atoms with van der Waals surface area (Å²) < 4.78 is 0. The standard InChI is InChI=1S/C17H30N2/c1-6-10-14(2)19(5)13-17(3,4)16(18)15-11-8-7-9-12-15/h7-9,11-12,14,16H,6,10,13,18H2,1-5H3. The molecule has 1 rings (SSSR count). The third-order valence-corrected chi connectivity index (χ3v) is 4.12. The van der Waals surface area contributed by atoms with Gasteiger partial charge < -0.3 is 10.6 Å². The van der Waals surface area contributed by atoms with Crippen molar-refractivity contribution >= 4 is 0 Å². The monoisotopic (exact) mass is 262 g/mol. The first-order valence-corrected chi connectivity index (χ1v) is 7.39. The van der Waals surface area contributed by atoms with Crippen molar-refractivity contribution in [2.45, 2.75) is 52.6 Å². The third-order valence-electron chi connectivity index (χ3n) is 4.12. The Morgan fingerprint density at radius 1 is 1.21 bits per heavy atom. The molecule has 0 amide bonds. The molecule has 0 saturated heterocycles. The molecule has 0 fully saturated rings. The molecule has 0 aliphatic heterocycles. The minimum Gasteiger partial charge on any atom is -0.323 e. The molecule has 0 aliphatic rings. The van der Waals surface area contributed by atoms with E-state index in [1.54, 1.807) is 0 Å². The number of hydrogen-bond acceptors (Lipinski definition) is 2. The van der Waals surface area contributed by atoms with Crippen LogP contribution in [-0.2, 0) is 0 Å². The first-order valence-electron chi connectivity index (χ1n) is 7.39. The van der Waals surface area contributed by atoms with Gasteiger partial charge in [-0.2, -0.15) is 0 Å². The Labute approximate surface area is 119 Å². The van der Waals surface area contributed by atoms with Gasteiger partial charge >= 0.3 is 0 Å². The van der Waals surface area contributed by atoms with Crippen molar-refractivity contribution in [3.63, 3.8) is 0 Å². The molecule has 0 spiro atoms. The molecule has 19 heavy (non-hydrogen) atoms. The molecule has 2 unspecified atom stereocenters.